The highest BCUT2D eigenvalue weighted by Crippen LogP contribution is 2.39. The predicted molar refractivity (Wildman–Crippen MR) is 189 cm³/mol. The molecule has 0 amide bonds. The standard InChI is InChI=1S/C17H13N3OS2.C16H11N3OS2/c1-21-12-5-2-4-11(8-12)20-17-16-13(18-10-19-17)9-15(23-16)14-6-3-7-22-14;20-11-4-1-3-10(7-11)19-16-15-12(17-9-18-16)8-14(22-15)13-5-2-6-21-13/h2-10H,1H3,(H,18,19,20);1-9,20H,(H,17,18,19). The molecule has 8 rings (SSSR count). The summed E-state index contributed by atoms with van der Waals surface area (Å²) in [5.74, 6) is 2.60. The summed E-state index contributed by atoms with van der Waals surface area (Å²) in [6.07, 6.45) is 3.15. The van der Waals surface area contributed by atoms with Crippen molar-refractivity contribution in [1.29, 1.82) is 0 Å². The maximum atomic E-state index is 9.56. The molecule has 0 aliphatic rings. The molecule has 12 heteroatoms. The van der Waals surface area contributed by atoms with Gasteiger partial charge in [-0.15, -0.1) is 45.3 Å². The van der Waals surface area contributed by atoms with Gasteiger partial charge in [0.1, 0.15) is 24.2 Å². The Morgan fingerprint density at radius 3 is 1.67 bits per heavy atom. The highest BCUT2D eigenvalue weighted by molar-refractivity contribution is 7.26. The molecule has 0 fully saturated rings. The number of phenols is 1. The Hall–Kier alpha value is -4.88. The summed E-state index contributed by atoms with van der Waals surface area (Å²) in [6, 6.07) is 27.3. The van der Waals surface area contributed by atoms with Crippen molar-refractivity contribution in [3.8, 4) is 31.0 Å². The van der Waals surface area contributed by atoms with Gasteiger partial charge in [-0.2, -0.15) is 0 Å². The second-order valence-corrected chi connectivity index (χ2v) is 13.6. The summed E-state index contributed by atoms with van der Waals surface area (Å²) in [7, 11) is 1.66. The monoisotopic (exact) mass is 664 g/mol. The van der Waals surface area contributed by atoms with E-state index in [1.54, 1.807) is 83.3 Å². The number of hydrogen-bond acceptors (Lipinski definition) is 12. The zero-order valence-corrected chi connectivity index (χ0v) is 26.9. The van der Waals surface area contributed by atoms with Gasteiger partial charge in [0.05, 0.1) is 27.5 Å². The van der Waals surface area contributed by atoms with Crippen LogP contribution in [0.25, 0.3) is 39.9 Å². The molecule has 2 aromatic carbocycles. The van der Waals surface area contributed by atoms with Crippen molar-refractivity contribution in [3.63, 3.8) is 0 Å². The molecular weight excluding hydrogens is 641 g/mol. The van der Waals surface area contributed by atoms with Crippen LogP contribution in [0.2, 0.25) is 0 Å². The number of methoxy groups -OCH3 is 1. The lowest BCUT2D eigenvalue weighted by Gasteiger charge is -2.07. The van der Waals surface area contributed by atoms with Crippen LogP contribution in [0, 0.1) is 0 Å². The first kappa shape index (κ1) is 28.9. The first-order chi connectivity index (χ1) is 22.1. The molecule has 0 aliphatic carbocycles. The van der Waals surface area contributed by atoms with E-state index in [-0.39, 0.29) is 5.75 Å². The number of anilines is 4. The number of hydrogen-bond donors (Lipinski definition) is 3. The minimum atomic E-state index is 0.223. The average molecular weight is 665 g/mol. The number of nitrogens with one attached hydrogen (secondary N) is 2. The van der Waals surface area contributed by atoms with E-state index in [2.05, 4.69) is 71.7 Å². The minimum absolute atomic E-state index is 0.223. The number of fused-ring (bicyclic) bond motifs is 2. The molecule has 0 saturated carbocycles. The molecule has 222 valence electrons. The Kier molecular flexibility index (Phi) is 8.34. The lowest BCUT2D eigenvalue weighted by molar-refractivity contribution is 0.415. The van der Waals surface area contributed by atoms with Crippen molar-refractivity contribution in [1.82, 2.24) is 19.9 Å². The number of phenolic OH excluding ortho intramolecular Hbond substituents is 1. The zero-order chi connectivity index (χ0) is 30.6. The highest BCUT2D eigenvalue weighted by Gasteiger charge is 2.13. The second kappa shape index (κ2) is 13.0. The van der Waals surface area contributed by atoms with Crippen molar-refractivity contribution < 1.29 is 9.84 Å². The summed E-state index contributed by atoms with van der Waals surface area (Å²) >= 11 is 6.81. The number of ether oxygens (including phenoxy) is 1. The van der Waals surface area contributed by atoms with Gasteiger partial charge in [-0.05, 0) is 59.3 Å². The van der Waals surface area contributed by atoms with E-state index in [1.165, 1.54) is 19.5 Å². The van der Waals surface area contributed by atoms with Crippen LogP contribution in [0.3, 0.4) is 0 Å². The van der Waals surface area contributed by atoms with Crippen LogP contribution in [0.5, 0.6) is 11.5 Å². The van der Waals surface area contributed by atoms with Crippen molar-refractivity contribution in [2.75, 3.05) is 17.7 Å². The van der Waals surface area contributed by atoms with Crippen LogP contribution in [0.1, 0.15) is 0 Å². The van der Waals surface area contributed by atoms with Gasteiger partial charge in [-0.1, -0.05) is 24.3 Å². The van der Waals surface area contributed by atoms with Gasteiger partial charge >= 0.3 is 0 Å². The normalized spacial score (nSPS) is 10.9. The van der Waals surface area contributed by atoms with Gasteiger partial charge in [-0.3, -0.25) is 0 Å². The van der Waals surface area contributed by atoms with Gasteiger partial charge in [-0.25, -0.2) is 19.9 Å². The second-order valence-electron chi connectivity index (χ2n) is 9.58. The fraction of sp³-hybridized carbons (Fsp3) is 0.0303. The van der Waals surface area contributed by atoms with E-state index < -0.39 is 0 Å². The fourth-order valence-electron chi connectivity index (χ4n) is 4.53. The van der Waals surface area contributed by atoms with Crippen molar-refractivity contribution >= 4 is 88.8 Å². The van der Waals surface area contributed by atoms with E-state index in [0.717, 1.165) is 49.2 Å². The quantitative estimate of drug-likeness (QED) is 0.155. The summed E-state index contributed by atoms with van der Waals surface area (Å²) in [5, 5.41) is 20.3. The first-order valence-corrected chi connectivity index (χ1v) is 17.1. The van der Waals surface area contributed by atoms with E-state index in [9.17, 15) is 5.11 Å². The third-order valence-electron chi connectivity index (χ3n) is 6.59. The average Bonchev–Trinajstić information content (AvgIpc) is 3.88. The van der Waals surface area contributed by atoms with Crippen LogP contribution in [0.15, 0.2) is 108 Å². The molecule has 0 unspecified atom stereocenters. The molecule has 0 radical (unpaired) electrons. The molecule has 0 aliphatic heterocycles. The molecule has 0 spiro atoms. The minimum Gasteiger partial charge on any atom is -0.508 e. The third kappa shape index (κ3) is 6.49. The van der Waals surface area contributed by atoms with E-state index in [0.29, 0.717) is 0 Å². The molecule has 0 saturated heterocycles. The lowest BCUT2D eigenvalue weighted by atomic mass is 10.3. The summed E-state index contributed by atoms with van der Waals surface area (Å²) < 4.78 is 7.33. The van der Waals surface area contributed by atoms with Gasteiger partial charge in [0.2, 0.25) is 0 Å². The molecule has 0 bridgehead atoms. The SMILES string of the molecule is COc1cccc(Nc2ncnc3cc(-c4cccs4)sc23)c1.Oc1cccc(Nc2ncnc3cc(-c4cccs4)sc23)c1. The van der Waals surface area contributed by atoms with Gasteiger partial charge in [0.15, 0.2) is 11.6 Å². The van der Waals surface area contributed by atoms with Crippen LogP contribution in [0.4, 0.5) is 23.0 Å². The summed E-state index contributed by atoms with van der Waals surface area (Å²) in [5.41, 5.74) is 3.62. The maximum absolute atomic E-state index is 9.56. The fourth-order valence-corrected chi connectivity index (χ4v) is 8.29. The van der Waals surface area contributed by atoms with E-state index in [4.69, 9.17) is 4.74 Å². The van der Waals surface area contributed by atoms with Gasteiger partial charge in [0.25, 0.3) is 0 Å². The molecule has 8 nitrogen and oxygen atoms in total. The Labute approximate surface area is 274 Å². The van der Waals surface area contributed by atoms with Crippen LogP contribution >= 0.6 is 45.3 Å². The zero-order valence-electron chi connectivity index (χ0n) is 23.7. The van der Waals surface area contributed by atoms with Crippen molar-refractivity contribution in [2.45, 2.75) is 0 Å². The number of nitrogens with zero attached hydrogens (tertiary/aromatic N) is 4. The van der Waals surface area contributed by atoms with Crippen molar-refractivity contribution in [3.05, 3.63) is 108 Å². The summed E-state index contributed by atoms with van der Waals surface area (Å²) in [4.78, 5) is 22.3. The molecule has 3 N–H and O–H groups in total. The Morgan fingerprint density at radius 2 is 1.16 bits per heavy atom. The molecule has 45 heavy (non-hydrogen) atoms. The smallest absolute Gasteiger partial charge is 0.151 e. The number of benzene rings is 2. The van der Waals surface area contributed by atoms with Crippen LogP contribution in [-0.2, 0) is 0 Å². The first-order valence-electron chi connectivity index (χ1n) is 13.7. The molecule has 8 aromatic rings. The Balaban J connectivity index is 0.000000145. The maximum Gasteiger partial charge on any atom is 0.151 e. The van der Waals surface area contributed by atoms with E-state index in [1.807, 2.05) is 36.4 Å². The Bertz CT molecular complexity index is 2190. The topological polar surface area (TPSA) is 105 Å². The van der Waals surface area contributed by atoms with Crippen LogP contribution < -0.4 is 15.4 Å². The summed E-state index contributed by atoms with van der Waals surface area (Å²) in [6.45, 7) is 0. The van der Waals surface area contributed by atoms with Crippen LogP contribution in [-0.4, -0.2) is 32.2 Å². The van der Waals surface area contributed by atoms with Crippen molar-refractivity contribution in [2.24, 2.45) is 0 Å². The molecule has 6 heterocycles. The Morgan fingerprint density at radius 1 is 0.600 bits per heavy atom. The number of aromatic nitrogens is 4. The van der Waals surface area contributed by atoms with E-state index >= 15 is 0 Å². The third-order valence-corrected chi connectivity index (χ3v) is 11.0. The molecular formula is C33H24N6O2S4. The number of aromatic hydroxyl groups is 1. The lowest BCUT2D eigenvalue weighted by Crippen LogP contribution is -1.94. The number of thiophene rings is 4. The molecule has 0 atom stereocenters. The largest absolute Gasteiger partial charge is 0.508 e. The highest BCUT2D eigenvalue weighted by atomic mass is 32.1. The van der Waals surface area contributed by atoms with Gasteiger partial charge < -0.3 is 20.5 Å². The number of rotatable bonds is 7. The molecule has 6 aromatic heterocycles. The predicted octanol–water partition coefficient (Wildman–Crippen LogP) is 10.0. The van der Waals surface area contributed by atoms with Gasteiger partial charge in [0, 0.05) is 43.0 Å².